The summed E-state index contributed by atoms with van der Waals surface area (Å²) in [5.74, 6) is 1.42. The van der Waals surface area contributed by atoms with Gasteiger partial charge in [0.15, 0.2) is 11.5 Å². The number of nitrogen functional groups attached to an aromatic ring is 1. The van der Waals surface area contributed by atoms with Crippen molar-refractivity contribution < 1.29 is 0 Å². The zero-order chi connectivity index (χ0) is 14.8. The summed E-state index contributed by atoms with van der Waals surface area (Å²) in [7, 11) is 0. The van der Waals surface area contributed by atoms with Crippen LogP contribution in [0.25, 0.3) is 11.2 Å². The van der Waals surface area contributed by atoms with Crippen LogP contribution in [0.4, 0.5) is 11.8 Å². The molecule has 0 radical (unpaired) electrons. The minimum absolute atomic E-state index is 0.215. The number of nitrogens with zero attached hydrogens (tertiary/aromatic N) is 3. The minimum atomic E-state index is 0.215. The van der Waals surface area contributed by atoms with Crippen LogP contribution in [0.3, 0.4) is 0 Å². The normalized spacial score (nSPS) is 11.2. The number of H-pyrrole nitrogens is 1. The Morgan fingerprint density at radius 3 is 2.67 bits per heavy atom. The number of rotatable bonds is 4. The Labute approximate surface area is 122 Å². The van der Waals surface area contributed by atoms with E-state index in [1.807, 2.05) is 0 Å². The van der Waals surface area contributed by atoms with Crippen LogP contribution < -0.4 is 11.1 Å². The first kappa shape index (κ1) is 13.4. The van der Waals surface area contributed by atoms with E-state index in [2.05, 4.69) is 63.4 Å². The predicted molar refractivity (Wildman–Crippen MR) is 84.0 cm³/mol. The van der Waals surface area contributed by atoms with Gasteiger partial charge >= 0.3 is 0 Å². The minimum Gasteiger partial charge on any atom is -0.368 e. The molecule has 0 atom stereocenters. The summed E-state index contributed by atoms with van der Waals surface area (Å²) < 4.78 is 0. The second kappa shape index (κ2) is 5.40. The van der Waals surface area contributed by atoms with Crippen molar-refractivity contribution in [2.24, 2.45) is 0 Å². The van der Waals surface area contributed by atoms with Gasteiger partial charge in [-0.05, 0) is 17.0 Å². The van der Waals surface area contributed by atoms with Gasteiger partial charge in [0.2, 0.25) is 5.95 Å². The van der Waals surface area contributed by atoms with Crippen molar-refractivity contribution in [1.29, 1.82) is 0 Å². The third-order valence-corrected chi connectivity index (χ3v) is 3.41. The molecule has 3 rings (SSSR count). The van der Waals surface area contributed by atoms with Crippen molar-refractivity contribution in [3.05, 3.63) is 41.7 Å². The first-order chi connectivity index (χ1) is 10.1. The molecule has 0 fully saturated rings. The quantitative estimate of drug-likeness (QED) is 0.684. The molecule has 2 heterocycles. The number of hydrogen-bond acceptors (Lipinski definition) is 5. The maximum atomic E-state index is 5.69. The second-order valence-corrected chi connectivity index (χ2v) is 5.28. The molecular weight excluding hydrogens is 264 g/mol. The summed E-state index contributed by atoms with van der Waals surface area (Å²) in [5, 5.41) is 3.28. The topological polar surface area (TPSA) is 92.5 Å². The number of nitrogens with two attached hydrogens (primary N) is 1. The molecule has 21 heavy (non-hydrogen) atoms. The van der Waals surface area contributed by atoms with Gasteiger partial charge in [-0.2, -0.15) is 9.97 Å². The maximum Gasteiger partial charge on any atom is 0.224 e. The van der Waals surface area contributed by atoms with E-state index in [0.717, 1.165) is 5.52 Å². The van der Waals surface area contributed by atoms with Gasteiger partial charge in [0.25, 0.3) is 0 Å². The first-order valence-corrected chi connectivity index (χ1v) is 6.93. The zero-order valence-corrected chi connectivity index (χ0v) is 12.1. The lowest BCUT2D eigenvalue weighted by atomic mass is 10.0. The molecule has 6 nitrogen and oxygen atoms in total. The zero-order valence-electron chi connectivity index (χ0n) is 12.1. The van der Waals surface area contributed by atoms with Crippen LogP contribution in [0.5, 0.6) is 0 Å². The number of anilines is 2. The fourth-order valence-corrected chi connectivity index (χ4v) is 2.18. The highest BCUT2D eigenvalue weighted by Crippen LogP contribution is 2.19. The average molecular weight is 282 g/mol. The standard InChI is InChI=1S/C15H18N6/c1-9(2)11-5-3-10(4-6-11)7-17-13-12-14(19-8-18-12)21-15(16)20-13/h3-6,8-9H,7H2,1-2H3,(H4,16,17,18,19,20,21). The number of imidazole rings is 1. The van der Waals surface area contributed by atoms with Gasteiger partial charge in [0.05, 0.1) is 6.33 Å². The molecule has 0 aliphatic heterocycles. The highest BCUT2D eigenvalue weighted by atomic mass is 15.1. The van der Waals surface area contributed by atoms with Gasteiger partial charge in [0, 0.05) is 6.54 Å². The average Bonchev–Trinajstić information content (AvgIpc) is 2.93. The summed E-state index contributed by atoms with van der Waals surface area (Å²) in [6.45, 7) is 5.04. The molecule has 4 N–H and O–H groups in total. The van der Waals surface area contributed by atoms with Crippen LogP contribution in [0.2, 0.25) is 0 Å². The van der Waals surface area contributed by atoms with Gasteiger partial charge < -0.3 is 16.0 Å². The molecule has 0 aliphatic carbocycles. The van der Waals surface area contributed by atoms with Crippen molar-refractivity contribution in [2.75, 3.05) is 11.1 Å². The molecule has 2 aromatic heterocycles. The van der Waals surface area contributed by atoms with Gasteiger partial charge in [-0.3, -0.25) is 0 Å². The number of hydrogen-bond donors (Lipinski definition) is 3. The summed E-state index contributed by atoms with van der Waals surface area (Å²) >= 11 is 0. The Morgan fingerprint density at radius 1 is 1.19 bits per heavy atom. The van der Waals surface area contributed by atoms with E-state index in [-0.39, 0.29) is 5.95 Å². The molecular formula is C15H18N6. The molecule has 0 saturated heterocycles. The SMILES string of the molecule is CC(C)c1ccc(CNc2nc(N)nc3nc[nH]c23)cc1. The molecule has 3 aromatic rings. The summed E-state index contributed by atoms with van der Waals surface area (Å²) in [5.41, 5.74) is 9.54. The lowest BCUT2D eigenvalue weighted by Gasteiger charge is -2.09. The molecule has 0 unspecified atom stereocenters. The van der Waals surface area contributed by atoms with Crippen LogP contribution in [0, 0.1) is 0 Å². The molecule has 6 heteroatoms. The van der Waals surface area contributed by atoms with E-state index < -0.39 is 0 Å². The van der Waals surface area contributed by atoms with Gasteiger partial charge in [0.1, 0.15) is 5.52 Å². The van der Waals surface area contributed by atoms with E-state index in [1.54, 1.807) is 6.33 Å². The van der Waals surface area contributed by atoms with E-state index in [1.165, 1.54) is 11.1 Å². The van der Waals surface area contributed by atoms with Crippen LogP contribution in [-0.4, -0.2) is 19.9 Å². The van der Waals surface area contributed by atoms with Crippen molar-refractivity contribution >= 4 is 22.9 Å². The van der Waals surface area contributed by atoms with Gasteiger partial charge in [-0.25, -0.2) is 4.98 Å². The highest BCUT2D eigenvalue weighted by Gasteiger charge is 2.08. The first-order valence-electron chi connectivity index (χ1n) is 6.93. The van der Waals surface area contributed by atoms with Crippen LogP contribution in [0.1, 0.15) is 30.9 Å². The Balaban J connectivity index is 1.78. The number of fused-ring (bicyclic) bond motifs is 1. The smallest absolute Gasteiger partial charge is 0.224 e. The van der Waals surface area contributed by atoms with E-state index in [0.29, 0.717) is 23.9 Å². The molecule has 0 bridgehead atoms. The summed E-state index contributed by atoms with van der Waals surface area (Å²) in [6.07, 6.45) is 1.58. The Morgan fingerprint density at radius 2 is 1.95 bits per heavy atom. The van der Waals surface area contributed by atoms with Crippen molar-refractivity contribution in [1.82, 2.24) is 19.9 Å². The lowest BCUT2D eigenvalue weighted by Crippen LogP contribution is -2.05. The fourth-order valence-electron chi connectivity index (χ4n) is 2.18. The molecule has 0 aliphatic rings. The van der Waals surface area contributed by atoms with Gasteiger partial charge in [-0.15, -0.1) is 0 Å². The summed E-state index contributed by atoms with van der Waals surface area (Å²) in [6, 6.07) is 8.55. The van der Waals surface area contributed by atoms with Crippen LogP contribution in [-0.2, 0) is 6.54 Å². The van der Waals surface area contributed by atoms with E-state index in [4.69, 9.17) is 5.73 Å². The van der Waals surface area contributed by atoms with Crippen molar-refractivity contribution in [3.8, 4) is 0 Å². The van der Waals surface area contributed by atoms with Crippen LogP contribution in [0.15, 0.2) is 30.6 Å². The molecule has 0 spiro atoms. The fraction of sp³-hybridized carbons (Fsp3) is 0.267. The number of benzene rings is 1. The van der Waals surface area contributed by atoms with E-state index >= 15 is 0 Å². The van der Waals surface area contributed by atoms with E-state index in [9.17, 15) is 0 Å². The van der Waals surface area contributed by atoms with Crippen molar-refractivity contribution in [3.63, 3.8) is 0 Å². The maximum absolute atomic E-state index is 5.69. The third-order valence-electron chi connectivity index (χ3n) is 3.41. The Kier molecular flexibility index (Phi) is 3.43. The molecule has 108 valence electrons. The Bertz CT molecular complexity index is 744. The molecule has 0 saturated carbocycles. The predicted octanol–water partition coefficient (Wildman–Crippen LogP) is 2.67. The molecule has 1 aromatic carbocycles. The van der Waals surface area contributed by atoms with Crippen LogP contribution >= 0.6 is 0 Å². The second-order valence-electron chi connectivity index (χ2n) is 5.28. The van der Waals surface area contributed by atoms with Crippen molar-refractivity contribution in [2.45, 2.75) is 26.3 Å². The number of aromatic nitrogens is 4. The molecule has 0 amide bonds. The highest BCUT2D eigenvalue weighted by molar-refractivity contribution is 5.83. The monoisotopic (exact) mass is 282 g/mol. The third kappa shape index (κ3) is 2.79. The number of nitrogens with one attached hydrogen (secondary N) is 2. The lowest BCUT2D eigenvalue weighted by molar-refractivity contribution is 0.865. The number of aromatic amines is 1. The summed E-state index contributed by atoms with van der Waals surface area (Å²) in [4.78, 5) is 15.4. The Hall–Kier alpha value is -2.63. The largest absolute Gasteiger partial charge is 0.368 e. The van der Waals surface area contributed by atoms with Gasteiger partial charge in [-0.1, -0.05) is 38.1 Å².